The molecule has 1 unspecified atom stereocenters. The molecule has 4 heteroatoms. The molecular weight excluding hydrogens is 274 g/mol. The quantitative estimate of drug-likeness (QED) is 0.654. The first-order valence-electron chi connectivity index (χ1n) is 8.44. The van der Waals surface area contributed by atoms with Crippen LogP contribution in [0.3, 0.4) is 0 Å². The molecule has 3 rings (SSSR count). The second kappa shape index (κ2) is 6.19. The molecule has 2 aliphatic rings. The van der Waals surface area contributed by atoms with E-state index in [4.69, 9.17) is 15.5 Å². The van der Waals surface area contributed by atoms with E-state index in [0.29, 0.717) is 17.4 Å². The van der Waals surface area contributed by atoms with Crippen molar-refractivity contribution in [2.45, 2.75) is 64.5 Å². The fourth-order valence-corrected chi connectivity index (χ4v) is 3.78. The van der Waals surface area contributed by atoms with Gasteiger partial charge in [0.1, 0.15) is 5.75 Å². The van der Waals surface area contributed by atoms with Crippen molar-refractivity contribution in [3.63, 3.8) is 0 Å². The Balaban J connectivity index is 1.59. The van der Waals surface area contributed by atoms with E-state index in [9.17, 15) is 0 Å². The van der Waals surface area contributed by atoms with Crippen molar-refractivity contribution in [3.8, 4) is 5.75 Å². The SMILES string of the molecule is CC(C)Oc1ccc(NC(N)=NC2CCC23CCCC3)cc1. The zero-order valence-corrected chi connectivity index (χ0v) is 13.6. The average molecular weight is 301 g/mol. The molecule has 2 saturated carbocycles. The van der Waals surface area contributed by atoms with Crippen LogP contribution in [0.5, 0.6) is 5.75 Å². The first kappa shape index (κ1) is 15.2. The lowest BCUT2D eigenvalue weighted by atomic mass is 9.63. The molecule has 22 heavy (non-hydrogen) atoms. The van der Waals surface area contributed by atoms with Crippen LogP contribution < -0.4 is 15.8 Å². The van der Waals surface area contributed by atoms with Crippen LogP contribution in [0.25, 0.3) is 0 Å². The predicted molar refractivity (Wildman–Crippen MR) is 91.4 cm³/mol. The van der Waals surface area contributed by atoms with Crippen molar-refractivity contribution in [1.82, 2.24) is 0 Å². The zero-order valence-electron chi connectivity index (χ0n) is 13.6. The number of aliphatic imine (C=N–C) groups is 1. The average Bonchev–Trinajstić information content (AvgIpc) is 2.97. The number of benzene rings is 1. The Hall–Kier alpha value is -1.71. The maximum absolute atomic E-state index is 6.09. The molecule has 0 radical (unpaired) electrons. The van der Waals surface area contributed by atoms with Gasteiger partial charge < -0.3 is 15.8 Å². The Bertz CT molecular complexity index is 530. The minimum Gasteiger partial charge on any atom is -0.491 e. The van der Waals surface area contributed by atoms with Gasteiger partial charge in [-0.05, 0) is 69.2 Å². The number of nitrogens with zero attached hydrogens (tertiary/aromatic N) is 1. The van der Waals surface area contributed by atoms with E-state index in [1.807, 2.05) is 38.1 Å². The second-order valence-electron chi connectivity index (χ2n) is 6.95. The lowest BCUT2D eigenvalue weighted by molar-refractivity contribution is 0.104. The maximum Gasteiger partial charge on any atom is 0.193 e. The molecule has 0 aliphatic heterocycles. The van der Waals surface area contributed by atoms with Crippen LogP contribution in [-0.4, -0.2) is 18.1 Å². The van der Waals surface area contributed by atoms with Crippen LogP contribution in [0.15, 0.2) is 29.3 Å². The summed E-state index contributed by atoms with van der Waals surface area (Å²) >= 11 is 0. The number of anilines is 1. The molecule has 0 aromatic heterocycles. The summed E-state index contributed by atoms with van der Waals surface area (Å²) in [7, 11) is 0. The number of nitrogens with two attached hydrogens (primary N) is 1. The summed E-state index contributed by atoms with van der Waals surface area (Å²) in [6.45, 7) is 4.04. The number of rotatable bonds is 4. The Labute approximate surface area is 133 Å². The summed E-state index contributed by atoms with van der Waals surface area (Å²) in [5, 5.41) is 3.20. The van der Waals surface area contributed by atoms with Crippen molar-refractivity contribution in [1.29, 1.82) is 0 Å². The van der Waals surface area contributed by atoms with Crippen molar-refractivity contribution >= 4 is 11.6 Å². The predicted octanol–water partition coefficient (Wildman–Crippen LogP) is 3.92. The van der Waals surface area contributed by atoms with Gasteiger partial charge >= 0.3 is 0 Å². The smallest absolute Gasteiger partial charge is 0.193 e. The highest BCUT2D eigenvalue weighted by Gasteiger charge is 2.48. The van der Waals surface area contributed by atoms with E-state index >= 15 is 0 Å². The van der Waals surface area contributed by atoms with Crippen molar-refractivity contribution < 1.29 is 4.74 Å². The van der Waals surface area contributed by atoms with Gasteiger partial charge in [-0.1, -0.05) is 12.8 Å². The fraction of sp³-hybridized carbons (Fsp3) is 0.611. The lowest BCUT2D eigenvalue weighted by Gasteiger charge is -2.45. The highest BCUT2D eigenvalue weighted by molar-refractivity contribution is 5.92. The van der Waals surface area contributed by atoms with Crippen LogP contribution in [0.2, 0.25) is 0 Å². The molecule has 4 nitrogen and oxygen atoms in total. The minimum absolute atomic E-state index is 0.187. The standard InChI is InChI=1S/C18H27N3O/c1-13(2)22-15-7-5-14(6-8-15)20-17(19)21-16-9-12-18(16)10-3-4-11-18/h5-8,13,16H,3-4,9-12H2,1-2H3,(H3,19,20,21). The summed E-state index contributed by atoms with van der Waals surface area (Å²) in [5.41, 5.74) is 7.52. The van der Waals surface area contributed by atoms with Gasteiger partial charge in [0.2, 0.25) is 0 Å². The van der Waals surface area contributed by atoms with E-state index < -0.39 is 0 Å². The van der Waals surface area contributed by atoms with Crippen LogP contribution in [-0.2, 0) is 0 Å². The van der Waals surface area contributed by atoms with E-state index in [1.165, 1.54) is 38.5 Å². The third-order valence-electron chi connectivity index (χ3n) is 5.02. The summed E-state index contributed by atoms with van der Waals surface area (Å²) < 4.78 is 5.64. The molecule has 2 aliphatic carbocycles. The molecule has 0 bridgehead atoms. The Morgan fingerprint density at radius 2 is 1.91 bits per heavy atom. The molecular formula is C18H27N3O. The minimum atomic E-state index is 0.187. The third-order valence-corrected chi connectivity index (χ3v) is 5.02. The highest BCUT2D eigenvalue weighted by Crippen LogP contribution is 2.54. The molecule has 1 aromatic rings. The molecule has 0 amide bonds. The van der Waals surface area contributed by atoms with Crippen molar-refractivity contribution in [2.24, 2.45) is 16.1 Å². The van der Waals surface area contributed by atoms with Gasteiger partial charge in [0, 0.05) is 5.69 Å². The molecule has 0 heterocycles. The number of ether oxygens (including phenoxy) is 1. The Morgan fingerprint density at radius 3 is 2.45 bits per heavy atom. The van der Waals surface area contributed by atoms with Gasteiger partial charge in [-0.2, -0.15) is 0 Å². The number of guanidine groups is 1. The molecule has 2 fully saturated rings. The van der Waals surface area contributed by atoms with Crippen LogP contribution in [0, 0.1) is 5.41 Å². The molecule has 1 atom stereocenters. The normalized spacial score (nSPS) is 23.6. The first-order chi connectivity index (χ1) is 10.6. The summed E-state index contributed by atoms with van der Waals surface area (Å²) in [5.74, 6) is 1.41. The Kier molecular flexibility index (Phi) is 4.27. The molecule has 3 N–H and O–H groups in total. The number of nitrogens with one attached hydrogen (secondary N) is 1. The van der Waals surface area contributed by atoms with Gasteiger partial charge in [0.15, 0.2) is 5.96 Å². The Morgan fingerprint density at radius 1 is 1.23 bits per heavy atom. The van der Waals surface area contributed by atoms with E-state index in [2.05, 4.69) is 5.32 Å². The first-order valence-corrected chi connectivity index (χ1v) is 8.44. The maximum atomic E-state index is 6.09. The number of hydrogen-bond acceptors (Lipinski definition) is 2. The third kappa shape index (κ3) is 3.21. The lowest BCUT2D eigenvalue weighted by Crippen LogP contribution is -2.43. The van der Waals surface area contributed by atoms with Gasteiger partial charge in [0.25, 0.3) is 0 Å². The number of hydrogen-bond donors (Lipinski definition) is 2. The van der Waals surface area contributed by atoms with E-state index in [-0.39, 0.29) is 6.10 Å². The topological polar surface area (TPSA) is 59.6 Å². The van der Waals surface area contributed by atoms with Gasteiger partial charge in [-0.15, -0.1) is 0 Å². The van der Waals surface area contributed by atoms with Crippen molar-refractivity contribution in [2.75, 3.05) is 5.32 Å². The van der Waals surface area contributed by atoms with E-state index in [1.54, 1.807) is 0 Å². The van der Waals surface area contributed by atoms with Gasteiger partial charge in [-0.3, -0.25) is 0 Å². The molecule has 1 spiro atoms. The fourth-order valence-electron chi connectivity index (χ4n) is 3.78. The summed E-state index contributed by atoms with van der Waals surface area (Å²) in [6.07, 6.45) is 8.07. The molecule has 0 saturated heterocycles. The van der Waals surface area contributed by atoms with Gasteiger partial charge in [-0.25, -0.2) is 4.99 Å². The van der Waals surface area contributed by atoms with Crippen molar-refractivity contribution in [3.05, 3.63) is 24.3 Å². The monoisotopic (exact) mass is 301 g/mol. The highest BCUT2D eigenvalue weighted by atomic mass is 16.5. The van der Waals surface area contributed by atoms with Crippen LogP contribution in [0.4, 0.5) is 5.69 Å². The zero-order chi connectivity index (χ0) is 15.6. The molecule has 120 valence electrons. The van der Waals surface area contributed by atoms with Gasteiger partial charge in [0.05, 0.1) is 12.1 Å². The van der Waals surface area contributed by atoms with Crippen LogP contribution >= 0.6 is 0 Å². The van der Waals surface area contributed by atoms with E-state index in [0.717, 1.165) is 11.4 Å². The summed E-state index contributed by atoms with van der Waals surface area (Å²) in [6, 6.07) is 8.29. The second-order valence-corrected chi connectivity index (χ2v) is 6.95. The summed E-state index contributed by atoms with van der Waals surface area (Å²) in [4.78, 5) is 4.74. The largest absolute Gasteiger partial charge is 0.491 e. The van der Waals surface area contributed by atoms with Crippen LogP contribution in [0.1, 0.15) is 52.4 Å². The molecule has 1 aromatic carbocycles.